The summed E-state index contributed by atoms with van der Waals surface area (Å²) in [6, 6.07) is 5.87. The zero-order valence-electron chi connectivity index (χ0n) is 11.6. The highest BCUT2D eigenvalue weighted by Crippen LogP contribution is 2.31. The van der Waals surface area contributed by atoms with Gasteiger partial charge in [-0.2, -0.15) is 0 Å². The van der Waals surface area contributed by atoms with Crippen LogP contribution in [-0.4, -0.2) is 18.6 Å². The second kappa shape index (κ2) is 5.95. The highest BCUT2D eigenvalue weighted by molar-refractivity contribution is 5.96. The van der Waals surface area contributed by atoms with Crippen molar-refractivity contribution in [3.63, 3.8) is 0 Å². The Morgan fingerprint density at radius 3 is 2.84 bits per heavy atom. The molecule has 0 saturated heterocycles. The third kappa shape index (κ3) is 3.19. The Bertz CT molecular complexity index is 455. The molecule has 0 aromatic heterocycles. The first-order chi connectivity index (χ1) is 9.11. The number of benzene rings is 1. The van der Waals surface area contributed by atoms with E-state index in [2.05, 4.69) is 12.2 Å². The van der Waals surface area contributed by atoms with Crippen molar-refractivity contribution in [2.75, 3.05) is 17.7 Å². The molecule has 1 aromatic rings. The molecule has 1 saturated carbocycles. The molecule has 4 heteroatoms. The minimum atomic E-state index is -0.361. The third-order valence-corrected chi connectivity index (χ3v) is 3.80. The molecule has 1 aliphatic rings. The van der Waals surface area contributed by atoms with Crippen molar-refractivity contribution in [2.45, 2.75) is 39.2 Å². The number of ether oxygens (including phenoxy) is 1. The Morgan fingerprint density at radius 2 is 2.26 bits per heavy atom. The highest BCUT2D eigenvalue weighted by atomic mass is 16.5. The Morgan fingerprint density at radius 1 is 1.53 bits per heavy atom. The van der Waals surface area contributed by atoms with Gasteiger partial charge in [-0.1, -0.05) is 6.42 Å². The summed E-state index contributed by atoms with van der Waals surface area (Å²) in [4.78, 5) is 11.8. The highest BCUT2D eigenvalue weighted by Gasteiger charge is 2.24. The topological polar surface area (TPSA) is 64.3 Å². The lowest BCUT2D eigenvalue weighted by Gasteiger charge is -2.32. The average molecular weight is 262 g/mol. The van der Waals surface area contributed by atoms with Crippen LogP contribution in [0.4, 0.5) is 11.4 Å². The molecule has 1 aromatic carbocycles. The van der Waals surface area contributed by atoms with Gasteiger partial charge in [-0.3, -0.25) is 0 Å². The van der Waals surface area contributed by atoms with E-state index in [-0.39, 0.29) is 5.97 Å². The Balaban J connectivity index is 2.08. The van der Waals surface area contributed by atoms with Gasteiger partial charge in [0.2, 0.25) is 0 Å². The molecule has 0 spiro atoms. The van der Waals surface area contributed by atoms with Crippen LogP contribution in [0.2, 0.25) is 0 Å². The summed E-state index contributed by atoms with van der Waals surface area (Å²) in [5, 5.41) is 3.45. The van der Waals surface area contributed by atoms with Gasteiger partial charge in [-0.05, 0) is 50.8 Å². The minimum Gasteiger partial charge on any atom is -0.462 e. The normalized spacial score (nSPS) is 16.5. The summed E-state index contributed by atoms with van der Waals surface area (Å²) in [5.41, 5.74) is 7.64. The summed E-state index contributed by atoms with van der Waals surface area (Å²) in [7, 11) is 0. The molecule has 1 unspecified atom stereocenters. The van der Waals surface area contributed by atoms with Crippen LogP contribution < -0.4 is 11.1 Å². The number of carbonyl (C=O) groups excluding carboxylic acids is 1. The van der Waals surface area contributed by atoms with Crippen LogP contribution in [0.5, 0.6) is 0 Å². The van der Waals surface area contributed by atoms with Gasteiger partial charge in [0.15, 0.2) is 0 Å². The van der Waals surface area contributed by atoms with Crippen LogP contribution in [-0.2, 0) is 4.74 Å². The van der Waals surface area contributed by atoms with Crippen molar-refractivity contribution in [3.05, 3.63) is 23.8 Å². The first-order valence-electron chi connectivity index (χ1n) is 6.95. The molecule has 0 bridgehead atoms. The summed E-state index contributed by atoms with van der Waals surface area (Å²) < 4.78 is 5.00. The van der Waals surface area contributed by atoms with Crippen LogP contribution in [0.25, 0.3) is 0 Å². The number of anilines is 2. The van der Waals surface area contributed by atoms with E-state index in [1.165, 1.54) is 19.3 Å². The lowest BCUT2D eigenvalue weighted by atomic mass is 9.80. The second-order valence-corrected chi connectivity index (χ2v) is 5.15. The molecule has 1 fully saturated rings. The molecule has 3 N–H and O–H groups in total. The lowest BCUT2D eigenvalue weighted by Crippen LogP contribution is -2.30. The van der Waals surface area contributed by atoms with Gasteiger partial charge in [-0.25, -0.2) is 4.79 Å². The molecular weight excluding hydrogens is 240 g/mol. The molecule has 4 nitrogen and oxygen atoms in total. The van der Waals surface area contributed by atoms with E-state index in [9.17, 15) is 4.79 Å². The Kier molecular flexibility index (Phi) is 4.30. The first-order valence-corrected chi connectivity index (χ1v) is 6.95. The van der Waals surface area contributed by atoms with E-state index in [0.717, 1.165) is 11.6 Å². The number of carbonyl (C=O) groups is 1. The largest absolute Gasteiger partial charge is 0.462 e. The summed E-state index contributed by atoms with van der Waals surface area (Å²) in [5.74, 6) is 0.378. The van der Waals surface area contributed by atoms with Gasteiger partial charge in [0.25, 0.3) is 0 Å². The maximum atomic E-state index is 11.8. The molecule has 1 atom stereocenters. The van der Waals surface area contributed by atoms with Crippen LogP contribution in [0.3, 0.4) is 0 Å². The summed E-state index contributed by atoms with van der Waals surface area (Å²) in [6.45, 7) is 4.33. The zero-order valence-corrected chi connectivity index (χ0v) is 11.6. The monoisotopic (exact) mass is 262 g/mol. The van der Waals surface area contributed by atoms with E-state index in [1.54, 1.807) is 19.1 Å². The molecular formula is C15H22N2O2. The SMILES string of the molecule is CCOC(=O)c1cc(NC(C)C2CCC2)ccc1N. The van der Waals surface area contributed by atoms with Gasteiger partial charge >= 0.3 is 5.97 Å². The number of nitrogens with two attached hydrogens (primary N) is 1. The fourth-order valence-corrected chi connectivity index (χ4v) is 2.35. The number of rotatable bonds is 5. The van der Waals surface area contributed by atoms with Gasteiger partial charge < -0.3 is 15.8 Å². The standard InChI is InChI=1S/C15H22N2O2/c1-3-19-15(18)13-9-12(7-8-14(13)16)17-10(2)11-5-4-6-11/h7-11,17H,3-6,16H2,1-2H3. The smallest absolute Gasteiger partial charge is 0.340 e. The molecule has 104 valence electrons. The number of hydrogen-bond acceptors (Lipinski definition) is 4. The molecule has 0 radical (unpaired) electrons. The molecule has 0 amide bonds. The second-order valence-electron chi connectivity index (χ2n) is 5.15. The third-order valence-electron chi connectivity index (χ3n) is 3.80. The van der Waals surface area contributed by atoms with Gasteiger partial charge in [0.05, 0.1) is 12.2 Å². The lowest BCUT2D eigenvalue weighted by molar-refractivity contribution is 0.0527. The zero-order chi connectivity index (χ0) is 13.8. The van der Waals surface area contributed by atoms with Crippen molar-refractivity contribution in [1.82, 2.24) is 0 Å². The van der Waals surface area contributed by atoms with Crippen LogP contribution >= 0.6 is 0 Å². The Labute approximate surface area is 114 Å². The van der Waals surface area contributed by atoms with Crippen LogP contribution in [0.15, 0.2) is 18.2 Å². The number of esters is 1. The first kappa shape index (κ1) is 13.7. The molecule has 0 aliphatic heterocycles. The van der Waals surface area contributed by atoms with Crippen LogP contribution in [0, 0.1) is 5.92 Å². The maximum absolute atomic E-state index is 11.8. The van der Waals surface area contributed by atoms with Gasteiger partial charge in [0, 0.05) is 17.4 Å². The van der Waals surface area contributed by atoms with E-state index in [1.807, 2.05) is 6.07 Å². The van der Waals surface area contributed by atoms with Crippen LogP contribution in [0.1, 0.15) is 43.5 Å². The quantitative estimate of drug-likeness (QED) is 0.632. The molecule has 1 aliphatic carbocycles. The summed E-state index contributed by atoms with van der Waals surface area (Å²) >= 11 is 0. The minimum absolute atomic E-state index is 0.356. The molecule has 2 rings (SSSR count). The van der Waals surface area contributed by atoms with Crippen molar-refractivity contribution >= 4 is 17.3 Å². The van der Waals surface area contributed by atoms with Gasteiger partial charge in [-0.15, -0.1) is 0 Å². The van der Waals surface area contributed by atoms with E-state index in [0.29, 0.717) is 23.9 Å². The number of nitrogens with one attached hydrogen (secondary N) is 1. The van der Waals surface area contributed by atoms with Gasteiger partial charge in [0.1, 0.15) is 0 Å². The average Bonchev–Trinajstić information content (AvgIpc) is 2.29. The van der Waals surface area contributed by atoms with Crippen molar-refractivity contribution < 1.29 is 9.53 Å². The van der Waals surface area contributed by atoms with Crippen molar-refractivity contribution in [1.29, 1.82) is 0 Å². The molecule has 0 heterocycles. The maximum Gasteiger partial charge on any atom is 0.340 e. The van der Waals surface area contributed by atoms with Crippen molar-refractivity contribution in [3.8, 4) is 0 Å². The van der Waals surface area contributed by atoms with E-state index >= 15 is 0 Å². The summed E-state index contributed by atoms with van der Waals surface area (Å²) in [6.07, 6.45) is 3.90. The predicted molar refractivity (Wildman–Crippen MR) is 77.2 cm³/mol. The fraction of sp³-hybridized carbons (Fsp3) is 0.533. The Hall–Kier alpha value is -1.71. The molecule has 19 heavy (non-hydrogen) atoms. The van der Waals surface area contributed by atoms with Crippen molar-refractivity contribution in [2.24, 2.45) is 5.92 Å². The number of nitrogen functional groups attached to an aromatic ring is 1. The predicted octanol–water partition coefficient (Wildman–Crippen LogP) is 3.05. The number of hydrogen-bond donors (Lipinski definition) is 2. The fourth-order valence-electron chi connectivity index (χ4n) is 2.35. The van der Waals surface area contributed by atoms with E-state index in [4.69, 9.17) is 10.5 Å². The van der Waals surface area contributed by atoms with E-state index < -0.39 is 0 Å².